The maximum atomic E-state index is 5.08. The molecule has 0 saturated heterocycles. The smallest absolute Gasteiger partial charge is 0.00974 e. The van der Waals surface area contributed by atoms with Crippen molar-refractivity contribution in [2.24, 2.45) is 5.84 Å². The first-order valence-corrected chi connectivity index (χ1v) is 4.09. The average Bonchev–Trinajstić information content (AvgIpc) is 1.89. The zero-order chi connectivity index (χ0) is 6.95. The van der Waals surface area contributed by atoms with Crippen molar-refractivity contribution < 1.29 is 0 Å². The Morgan fingerprint density at radius 2 is 1.78 bits per heavy atom. The van der Waals surface area contributed by atoms with Crippen molar-refractivity contribution in [1.29, 1.82) is 0 Å². The number of thiol groups is 1. The molecule has 0 aliphatic rings. The summed E-state index contributed by atoms with van der Waals surface area (Å²) in [5, 5.41) is 0. The van der Waals surface area contributed by atoms with Gasteiger partial charge >= 0.3 is 0 Å². The van der Waals surface area contributed by atoms with E-state index in [1.165, 1.54) is 25.7 Å². The van der Waals surface area contributed by atoms with Crippen molar-refractivity contribution in [2.75, 3.05) is 12.3 Å². The monoisotopic (exact) mass is 148 g/mol. The predicted octanol–water partition coefficient (Wildman–Crippen LogP) is 0.940. The van der Waals surface area contributed by atoms with Crippen LogP contribution in [0.25, 0.3) is 0 Å². The molecule has 0 radical (unpaired) electrons. The fourth-order valence-electron chi connectivity index (χ4n) is 0.692. The lowest BCUT2D eigenvalue weighted by atomic mass is 10.2. The van der Waals surface area contributed by atoms with Crippen LogP contribution in [0.5, 0.6) is 0 Å². The molecular formula is C6H16N2S. The van der Waals surface area contributed by atoms with Crippen molar-refractivity contribution in [1.82, 2.24) is 5.43 Å². The van der Waals surface area contributed by atoms with Gasteiger partial charge < -0.3 is 0 Å². The highest BCUT2D eigenvalue weighted by Gasteiger charge is 1.85. The molecule has 0 aliphatic heterocycles. The Kier molecular flexibility index (Phi) is 8.52. The number of nitrogens with two attached hydrogens (primary N) is 1. The van der Waals surface area contributed by atoms with E-state index in [1.807, 2.05) is 0 Å². The normalized spacial score (nSPS) is 10.0. The first-order valence-electron chi connectivity index (χ1n) is 3.46. The minimum atomic E-state index is 0.937. The molecule has 0 unspecified atom stereocenters. The molecule has 0 aliphatic carbocycles. The highest BCUT2D eigenvalue weighted by Crippen LogP contribution is 1.98. The van der Waals surface area contributed by atoms with E-state index in [2.05, 4.69) is 18.1 Å². The van der Waals surface area contributed by atoms with Gasteiger partial charge in [0.25, 0.3) is 0 Å². The molecule has 0 spiro atoms. The Morgan fingerprint density at radius 3 is 2.33 bits per heavy atom. The number of hydrogen-bond acceptors (Lipinski definition) is 3. The minimum absolute atomic E-state index is 0.937. The molecule has 2 nitrogen and oxygen atoms in total. The Labute approximate surface area is 62.6 Å². The lowest BCUT2D eigenvalue weighted by Gasteiger charge is -1.97. The van der Waals surface area contributed by atoms with Crippen LogP contribution in [0.15, 0.2) is 0 Å². The van der Waals surface area contributed by atoms with Gasteiger partial charge in [-0.2, -0.15) is 12.6 Å². The summed E-state index contributed by atoms with van der Waals surface area (Å²) in [5.74, 6) is 6.09. The largest absolute Gasteiger partial charge is 0.271 e. The molecule has 0 atom stereocenters. The molecule has 56 valence electrons. The Bertz CT molecular complexity index is 44.3. The topological polar surface area (TPSA) is 38.0 Å². The molecular weight excluding hydrogens is 132 g/mol. The lowest BCUT2D eigenvalue weighted by molar-refractivity contribution is 0.615. The van der Waals surface area contributed by atoms with Gasteiger partial charge in [-0.15, -0.1) is 0 Å². The number of rotatable bonds is 6. The molecule has 3 heteroatoms. The van der Waals surface area contributed by atoms with Gasteiger partial charge in [0.05, 0.1) is 0 Å². The number of hydrazine groups is 1. The average molecular weight is 148 g/mol. The van der Waals surface area contributed by atoms with Gasteiger partial charge in [0.1, 0.15) is 0 Å². The van der Waals surface area contributed by atoms with Gasteiger partial charge in [-0.05, 0) is 18.6 Å². The van der Waals surface area contributed by atoms with Crippen molar-refractivity contribution in [3.63, 3.8) is 0 Å². The van der Waals surface area contributed by atoms with Crippen molar-refractivity contribution >= 4 is 12.6 Å². The van der Waals surface area contributed by atoms with Crippen LogP contribution >= 0.6 is 12.6 Å². The highest BCUT2D eigenvalue weighted by molar-refractivity contribution is 7.80. The van der Waals surface area contributed by atoms with Gasteiger partial charge in [-0.3, -0.25) is 11.3 Å². The zero-order valence-corrected chi connectivity index (χ0v) is 6.66. The molecule has 9 heavy (non-hydrogen) atoms. The lowest BCUT2D eigenvalue weighted by Crippen LogP contribution is -2.22. The Morgan fingerprint density at radius 1 is 1.11 bits per heavy atom. The third-order valence-corrected chi connectivity index (χ3v) is 1.55. The number of hydrogen-bond donors (Lipinski definition) is 3. The van der Waals surface area contributed by atoms with Gasteiger partial charge in [-0.1, -0.05) is 12.8 Å². The molecule has 0 aromatic heterocycles. The second-order valence-electron chi connectivity index (χ2n) is 2.09. The van der Waals surface area contributed by atoms with Crippen LogP contribution in [0.3, 0.4) is 0 Å². The number of nitrogens with one attached hydrogen (secondary N) is 1. The molecule has 0 rings (SSSR count). The van der Waals surface area contributed by atoms with Gasteiger partial charge in [-0.25, -0.2) is 0 Å². The minimum Gasteiger partial charge on any atom is -0.271 e. The third kappa shape index (κ3) is 8.27. The summed E-state index contributed by atoms with van der Waals surface area (Å²) < 4.78 is 0. The quantitative estimate of drug-likeness (QED) is 0.227. The second kappa shape index (κ2) is 8.27. The summed E-state index contributed by atoms with van der Waals surface area (Å²) in [7, 11) is 0. The Balaban J connectivity index is 2.60. The van der Waals surface area contributed by atoms with Crippen LogP contribution in [-0.2, 0) is 0 Å². The zero-order valence-electron chi connectivity index (χ0n) is 5.77. The fourth-order valence-corrected chi connectivity index (χ4v) is 0.916. The molecule has 0 fully saturated rings. The maximum Gasteiger partial charge on any atom is 0.00974 e. The second-order valence-corrected chi connectivity index (χ2v) is 2.54. The van der Waals surface area contributed by atoms with Crippen LogP contribution in [0.2, 0.25) is 0 Å². The molecule has 3 N–H and O–H groups in total. The number of unbranched alkanes of at least 4 members (excludes halogenated alkanes) is 3. The first-order chi connectivity index (χ1) is 4.41. The third-order valence-electron chi connectivity index (χ3n) is 1.23. The van der Waals surface area contributed by atoms with E-state index < -0.39 is 0 Å². The summed E-state index contributed by atoms with van der Waals surface area (Å²) in [6, 6.07) is 0. The Hall–Kier alpha value is 0.270. The summed E-state index contributed by atoms with van der Waals surface area (Å²) in [6.45, 7) is 0.937. The van der Waals surface area contributed by atoms with E-state index in [0.717, 1.165) is 12.3 Å². The predicted molar refractivity (Wildman–Crippen MR) is 44.5 cm³/mol. The molecule has 0 bridgehead atoms. The van der Waals surface area contributed by atoms with E-state index in [4.69, 9.17) is 5.84 Å². The van der Waals surface area contributed by atoms with Gasteiger partial charge in [0, 0.05) is 6.54 Å². The summed E-state index contributed by atoms with van der Waals surface area (Å²) >= 11 is 4.11. The molecule has 0 aromatic rings. The fraction of sp³-hybridized carbons (Fsp3) is 1.00. The summed E-state index contributed by atoms with van der Waals surface area (Å²) in [4.78, 5) is 0. The summed E-state index contributed by atoms with van der Waals surface area (Å²) in [5.41, 5.74) is 2.63. The molecule has 0 heterocycles. The van der Waals surface area contributed by atoms with Crippen LogP contribution < -0.4 is 11.3 Å². The standard InChI is InChI=1S/C6H16N2S/c7-8-5-3-1-2-4-6-9/h8-9H,1-7H2. The van der Waals surface area contributed by atoms with E-state index >= 15 is 0 Å². The first kappa shape index (κ1) is 9.27. The van der Waals surface area contributed by atoms with E-state index in [9.17, 15) is 0 Å². The SMILES string of the molecule is NNCCCCCCS. The summed E-state index contributed by atoms with van der Waals surface area (Å²) in [6.07, 6.45) is 4.97. The van der Waals surface area contributed by atoms with Crippen molar-refractivity contribution in [2.45, 2.75) is 25.7 Å². The molecule has 0 aromatic carbocycles. The highest BCUT2D eigenvalue weighted by atomic mass is 32.1. The van der Waals surface area contributed by atoms with Gasteiger partial charge in [0.15, 0.2) is 0 Å². The van der Waals surface area contributed by atoms with Crippen LogP contribution in [0.1, 0.15) is 25.7 Å². The van der Waals surface area contributed by atoms with Crippen LogP contribution in [-0.4, -0.2) is 12.3 Å². The van der Waals surface area contributed by atoms with Crippen LogP contribution in [0, 0.1) is 0 Å². The maximum absolute atomic E-state index is 5.08. The van der Waals surface area contributed by atoms with Crippen molar-refractivity contribution in [3.8, 4) is 0 Å². The van der Waals surface area contributed by atoms with Gasteiger partial charge in [0.2, 0.25) is 0 Å². The molecule has 0 amide bonds. The van der Waals surface area contributed by atoms with E-state index in [1.54, 1.807) is 0 Å². The van der Waals surface area contributed by atoms with Crippen LogP contribution in [0.4, 0.5) is 0 Å². The van der Waals surface area contributed by atoms with Crippen molar-refractivity contribution in [3.05, 3.63) is 0 Å². The van der Waals surface area contributed by atoms with E-state index in [0.29, 0.717) is 0 Å². The molecule has 0 saturated carbocycles. The van der Waals surface area contributed by atoms with E-state index in [-0.39, 0.29) is 0 Å².